The van der Waals surface area contributed by atoms with Crippen molar-refractivity contribution in [3.8, 4) is 0 Å². The molecule has 0 bridgehead atoms. The average Bonchev–Trinajstić information content (AvgIpc) is 2.38. The first-order valence-electron chi connectivity index (χ1n) is 5.37. The third-order valence-electron chi connectivity index (χ3n) is 2.41. The molecule has 17 heavy (non-hydrogen) atoms. The van der Waals surface area contributed by atoms with E-state index >= 15 is 0 Å². The van der Waals surface area contributed by atoms with E-state index < -0.39 is 0 Å². The Balaban J connectivity index is 2.01. The van der Waals surface area contributed by atoms with E-state index in [1.807, 2.05) is 17.8 Å². The third-order valence-corrected chi connectivity index (χ3v) is 4.02. The molecule has 0 radical (unpaired) electrons. The van der Waals surface area contributed by atoms with Crippen LogP contribution >= 0.6 is 27.7 Å². The molecule has 0 unspecified atom stereocenters. The van der Waals surface area contributed by atoms with Crippen LogP contribution in [0.5, 0.6) is 0 Å². The second kappa shape index (κ2) is 6.08. The maximum atomic E-state index is 3.79. The Morgan fingerprint density at radius 3 is 2.59 bits per heavy atom. The van der Waals surface area contributed by atoms with Gasteiger partial charge in [-0.2, -0.15) is 0 Å². The molecule has 0 N–H and O–H groups in total. The predicted octanol–water partition coefficient (Wildman–Crippen LogP) is 5.38. The molecule has 2 aromatic carbocycles. The van der Waals surface area contributed by atoms with E-state index in [4.69, 9.17) is 0 Å². The van der Waals surface area contributed by atoms with Crippen LogP contribution in [0.3, 0.4) is 0 Å². The van der Waals surface area contributed by atoms with Gasteiger partial charge in [-0.1, -0.05) is 52.9 Å². The van der Waals surface area contributed by atoms with Gasteiger partial charge in [-0.3, -0.25) is 0 Å². The summed E-state index contributed by atoms with van der Waals surface area (Å²) in [6.45, 7) is 3.79. The highest BCUT2D eigenvalue weighted by Crippen LogP contribution is 2.24. The van der Waals surface area contributed by atoms with Crippen LogP contribution in [-0.4, -0.2) is 0 Å². The zero-order chi connectivity index (χ0) is 12.1. The highest BCUT2D eigenvalue weighted by molar-refractivity contribution is 9.10. The molecule has 0 aliphatic carbocycles. The summed E-state index contributed by atoms with van der Waals surface area (Å²) in [6.07, 6.45) is 1.88. The molecule has 0 saturated heterocycles. The molecule has 0 saturated carbocycles. The minimum absolute atomic E-state index is 0.989. The molecule has 2 rings (SSSR count). The van der Waals surface area contributed by atoms with Crippen molar-refractivity contribution in [1.82, 2.24) is 0 Å². The highest BCUT2D eigenvalue weighted by Gasteiger charge is 1.97. The lowest BCUT2D eigenvalue weighted by molar-refractivity contribution is 1.37. The number of rotatable bonds is 4. The predicted molar refractivity (Wildman–Crippen MR) is 80.2 cm³/mol. The van der Waals surface area contributed by atoms with Crippen LogP contribution < -0.4 is 0 Å². The Morgan fingerprint density at radius 2 is 1.88 bits per heavy atom. The lowest BCUT2D eigenvalue weighted by Gasteiger charge is -2.03. The number of benzene rings is 2. The first-order valence-corrected chi connectivity index (χ1v) is 7.15. The summed E-state index contributed by atoms with van der Waals surface area (Å²) < 4.78 is 1.12. The van der Waals surface area contributed by atoms with Gasteiger partial charge in [0, 0.05) is 15.1 Å². The van der Waals surface area contributed by atoms with Gasteiger partial charge in [0.05, 0.1) is 0 Å². The summed E-state index contributed by atoms with van der Waals surface area (Å²) in [5, 5.41) is 0. The number of thioether (sulfide) groups is 1. The lowest BCUT2D eigenvalue weighted by atomic mass is 10.1. The van der Waals surface area contributed by atoms with E-state index in [-0.39, 0.29) is 0 Å². The van der Waals surface area contributed by atoms with Crippen LogP contribution in [0.25, 0.3) is 6.08 Å². The zero-order valence-corrected chi connectivity index (χ0v) is 11.8. The summed E-state index contributed by atoms with van der Waals surface area (Å²) in [4.78, 5) is 1.29. The van der Waals surface area contributed by atoms with Crippen LogP contribution in [0, 0.1) is 0 Å². The summed E-state index contributed by atoms with van der Waals surface area (Å²) in [6, 6.07) is 16.9. The summed E-state index contributed by atoms with van der Waals surface area (Å²) in [5.41, 5.74) is 2.51. The van der Waals surface area contributed by atoms with Crippen LogP contribution in [0.1, 0.15) is 11.1 Å². The van der Waals surface area contributed by atoms with Crippen LogP contribution in [0.4, 0.5) is 0 Å². The second-order valence-corrected chi connectivity index (χ2v) is 5.66. The summed E-state index contributed by atoms with van der Waals surface area (Å²) >= 11 is 5.29. The van der Waals surface area contributed by atoms with E-state index in [1.54, 1.807) is 0 Å². The molecule has 86 valence electrons. The molecular weight excluding hydrogens is 292 g/mol. The smallest absolute Gasteiger partial charge is 0.0232 e. The fourth-order valence-electron chi connectivity index (χ4n) is 1.51. The van der Waals surface area contributed by atoms with Gasteiger partial charge in [0.2, 0.25) is 0 Å². The molecule has 0 heterocycles. The number of halogens is 1. The van der Waals surface area contributed by atoms with Crippen LogP contribution in [0.15, 0.2) is 64.5 Å². The number of hydrogen-bond donors (Lipinski definition) is 0. The SMILES string of the molecule is C=Cc1cccc(CSc2ccc(Br)cc2)c1. The maximum absolute atomic E-state index is 3.79. The largest absolute Gasteiger partial charge is 0.121 e. The van der Waals surface area contributed by atoms with E-state index in [9.17, 15) is 0 Å². The van der Waals surface area contributed by atoms with Gasteiger partial charge in [-0.15, -0.1) is 11.8 Å². The Kier molecular flexibility index (Phi) is 4.46. The molecule has 0 aliphatic rings. The minimum atomic E-state index is 0.989. The van der Waals surface area contributed by atoms with Crippen molar-refractivity contribution in [2.24, 2.45) is 0 Å². The van der Waals surface area contributed by atoms with Crippen molar-refractivity contribution in [2.75, 3.05) is 0 Å². The molecule has 0 aliphatic heterocycles. The van der Waals surface area contributed by atoms with Gasteiger partial charge in [0.15, 0.2) is 0 Å². The van der Waals surface area contributed by atoms with Gasteiger partial charge >= 0.3 is 0 Å². The van der Waals surface area contributed by atoms with Gasteiger partial charge < -0.3 is 0 Å². The van der Waals surface area contributed by atoms with Crippen molar-refractivity contribution >= 4 is 33.8 Å². The standard InChI is InChI=1S/C15H13BrS/c1-2-12-4-3-5-13(10-12)11-17-15-8-6-14(16)7-9-15/h2-10H,1,11H2. The second-order valence-electron chi connectivity index (χ2n) is 3.69. The van der Waals surface area contributed by atoms with E-state index in [1.165, 1.54) is 16.0 Å². The van der Waals surface area contributed by atoms with Crippen molar-refractivity contribution in [3.63, 3.8) is 0 Å². The fourth-order valence-corrected chi connectivity index (χ4v) is 2.61. The average molecular weight is 305 g/mol. The Hall–Kier alpha value is -0.990. The van der Waals surface area contributed by atoms with Gasteiger partial charge in [-0.05, 0) is 35.4 Å². The Morgan fingerprint density at radius 1 is 1.12 bits per heavy atom. The van der Waals surface area contributed by atoms with Gasteiger partial charge in [0.1, 0.15) is 0 Å². The molecular formula is C15H13BrS. The molecule has 0 amide bonds. The summed E-state index contributed by atoms with van der Waals surface area (Å²) in [5.74, 6) is 0.989. The van der Waals surface area contributed by atoms with E-state index in [0.717, 1.165) is 10.2 Å². The molecule has 0 aromatic heterocycles. The van der Waals surface area contributed by atoms with Gasteiger partial charge in [0.25, 0.3) is 0 Å². The van der Waals surface area contributed by atoms with Crippen molar-refractivity contribution < 1.29 is 0 Å². The fraction of sp³-hybridized carbons (Fsp3) is 0.0667. The molecule has 0 spiro atoms. The number of hydrogen-bond acceptors (Lipinski definition) is 1. The molecule has 2 aromatic rings. The third kappa shape index (κ3) is 3.76. The lowest BCUT2D eigenvalue weighted by Crippen LogP contribution is -1.81. The van der Waals surface area contributed by atoms with Crippen molar-refractivity contribution in [1.29, 1.82) is 0 Å². The van der Waals surface area contributed by atoms with E-state index in [2.05, 4.69) is 71.0 Å². The molecule has 0 nitrogen and oxygen atoms in total. The monoisotopic (exact) mass is 304 g/mol. The van der Waals surface area contributed by atoms with Crippen LogP contribution in [-0.2, 0) is 5.75 Å². The highest BCUT2D eigenvalue weighted by atomic mass is 79.9. The quantitative estimate of drug-likeness (QED) is 0.683. The minimum Gasteiger partial charge on any atom is -0.121 e. The zero-order valence-electron chi connectivity index (χ0n) is 9.40. The van der Waals surface area contributed by atoms with Gasteiger partial charge in [-0.25, -0.2) is 0 Å². The van der Waals surface area contributed by atoms with Crippen LogP contribution in [0.2, 0.25) is 0 Å². The first-order chi connectivity index (χ1) is 8.28. The topological polar surface area (TPSA) is 0 Å². The Bertz CT molecular complexity index is 503. The van der Waals surface area contributed by atoms with Crippen molar-refractivity contribution in [2.45, 2.75) is 10.6 Å². The maximum Gasteiger partial charge on any atom is 0.0232 e. The molecule has 0 atom stereocenters. The first kappa shape index (κ1) is 12.5. The molecule has 0 fully saturated rings. The normalized spacial score (nSPS) is 10.2. The summed E-state index contributed by atoms with van der Waals surface area (Å²) in [7, 11) is 0. The van der Waals surface area contributed by atoms with E-state index in [0.29, 0.717) is 0 Å². The Labute approximate surface area is 115 Å². The van der Waals surface area contributed by atoms with Crippen molar-refractivity contribution in [3.05, 3.63) is 70.7 Å². The molecule has 2 heteroatoms.